The molecule has 2 unspecified atom stereocenters. The number of hydrogen-bond acceptors (Lipinski definition) is 4. The van der Waals surface area contributed by atoms with Crippen molar-refractivity contribution in [1.82, 2.24) is 10.3 Å². The van der Waals surface area contributed by atoms with Gasteiger partial charge in [-0.15, -0.1) is 11.8 Å². The molecular formula is C17H21N3OS. The summed E-state index contributed by atoms with van der Waals surface area (Å²) in [5.74, 6) is 0.225. The van der Waals surface area contributed by atoms with Crippen molar-refractivity contribution in [1.29, 1.82) is 0 Å². The van der Waals surface area contributed by atoms with Crippen molar-refractivity contribution < 1.29 is 4.79 Å². The molecule has 3 heterocycles. The highest BCUT2D eigenvalue weighted by Gasteiger charge is 2.74. The van der Waals surface area contributed by atoms with Gasteiger partial charge in [0.2, 0.25) is 5.91 Å². The average Bonchev–Trinajstić information content (AvgIpc) is 2.96. The zero-order valence-corrected chi connectivity index (χ0v) is 14.1. The number of nitrogens with one attached hydrogen (secondary N) is 1. The predicted octanol–water partition coefficient (Wildman–Crippen LogP) is 2.78. The molecule has 22 heavy (non-hydrogen) atoms. The fraction of sp³-hybridized carbons (Fsp3) is 0.529. The van der Waals surface area contributed by atoms with E-state index in [4.69, 9.17) is 0 Å². The quantitative estimate of drug-likeness (QED) is 0.811. The number of carbonyl (C=O) groups is 1. The van der Waals surface area contributed by atoms with Gasteiger partial charge in [-0.1, -0.05) is 30.3 Å². The Labute approximate surface area is 135 Å². The van der Waals surface area contributed by atoms with Crippen molar-refractivity contribution in [2.45, 2.75) is 49.9 Å². The second-order valence-corrected chi connectivity index (χ2v) is 8.74. The summed E-state index contributed by atoms with van der Waals surface area (Å²) in [6.07, 6.45) is 0. The molecular weight excluding hydrogens is 294 g/mol. The third-order valence-corrected chi connectivity index (χ3v) is 7.39. The molecule has 3 aliphatic heterocycles. The van der Waals surface area contributed by atoms with E-state index in [1.165, 1.54) is 0 Å². The number of hydrazone groups is 1. The molecule has 2 fully saturated rings. The van der Waals surface area contributed by atoms with Crippen LogP contribution >= 0.6 is 11.8 Å². The molecule has 1 amide bonds. The van der Waals surface area contributed by atoms with Crippen LogP contribution in [0.2, 0.25) is 0 Å². The fourth-order valence-electron chi connectivity index (χ4n) is 3.98. The van der Waals surface area contributed by atoms with Crippen LogP contribution in [0.4, 0.5) is 0 Å². The SMILES string of the molecule is CC1=NNC(c2ccccc2)C12C(=O)N1[C@@H](C)C(C)(C)S[C@@H]12. The van der Waals surface area contributed by atoms with Crippen LogP contribution < -0.4 is 5.43 Å². The molecule has 1 N–H and O–H groups in total. The van der Waals surface area contributed by atoms with Crippen molar-refractivity contribution in [3.8, 4) is 0 Å². The molecule has 4 nitrogen and oxygen atoms in total. The Hall–Kier alpha value is -1.49. The topological polar surface area (TPSA) is 44.7 Å². The van der Waals surface area contributed by atoms with E-state index in [0.29, 0.717) is 0 Å². The number of benzene rings is 1. The maximum absolute atomic E-state index is 13.2. The summed E-state index contributed by atoms with van der Waals surface area (Å²) in [6.45, 7) is 8.61. The number of β-lactam (4-membered cyclic amide) rings is 1. The van der Waals surface area contributed by atoms with Crippen LogP contribution in [0.1, 0.15) is 39.3 Å². The van der Waals surface area contributed by atoms with Gasteiger partial charge in [0.1, 0.15) is 10.8 Å². The van der Waals surface area contributed by atoms with Crippen LogP contribution in [0.25, 0.3) is 0 Å². The second-order valence-electron chi connectivity index (χ2n) is 7.00. The van der Waals surface area contributed by atoms with Gasteiger partial charge in [0.15, 0.2) is 0 Å². The first-order valence-electron chi connectivity index (χ1n) is 7.76. The van der Waals surface area contributed by atoms with Crippen molar-refractivity contribution in [3.05, 3.63) is 35.9 Å². The van der Waals surface area contributed by atoms with Gasteiger partial charge < -0.3 is 10.3 Å². The summed E-state index contributed by atoms with van der Waals surface area (Å²) in [5, 5.41) is 4.63. The minimum absolute atomic E-state index is 0.0592. The summed E-state index contributed by atoms with van der Waals surface area (Å²) in [7, 11) is 0. The van der Waals surface area contributed by atoms with Gasteiger partial charge in [-0.3, -0.25) is 4.79 Å². The van der Waals surface area contributed by atoms with Crippen molar-refractivity contribution in [3.63, 3.8) is 0 Å². The second kappa shape index (κ2) is 4.28. The average molecular weight is 315 g/mol. The molecule has 116 valence electrons. The van der Waals surface area contributed by atoms with Gasteiger partial charge in [-0.2, -0.15) is 5.10 Å². The first-order valence-corrected chi connectivity index (χ1v) is 8.64. The number of nitrogens with zero attached hydrogens (tertiary/aromatic N) is 2. The molecule has 4 rings (SSSR count). The Balaban J connectivity index is 1.79. The predicted molar refractivity (Wildman–Crippen MR) is 89.6 cm³/mol. The molecule has 1 spiro atoms. The highest BCUT2D eigenvalue weighted by molar-refractivity contribution is 8.01. The summed E-state index contributed by atoms with van der Waals surface area (Å²) in [6, 6.07) is 10.4. The van der Waals surface area contributed by atoms with Gasteiger partial charge in [-0.25, -0.2) is 0 Å². The number of hydrogen-bond donors (Lipinski definition) is 1. The van der Waals surface area contributed by atoms with Crippen LogP contribution in [-0.2, 0) is 4.79 Å². The molecule has 5 heteroatoms. The molecule has 0 bridgehead atoms. The monoisotopic (exact) mass is 315 g/mol. The van der Waals surface area contributed by atoms with Crippen molar-refractivity contribution in [2.75, 3.05) is 0 Å². The summed E-state index contributed by atoms with van der Waals surface area (Å²) in [4.78, 5) is 15.2. The number of amides is 1. The normalized spacial score (nSPS) is 38.5. The highest BCUT2D eigenvalue weighted by atomic mass is 32.2. The third-order valence-electron chi connectivity index (χ3n) is 5.62. The van der Waals surface area contributed by atoms with E-state index in [-0.39, 0.29) is 28.1 Å². The maximum Gasteiger partial charge on any atom is 0.241 e. The molecule has 1 aromatic rings. The molecule has 0 aromatic heterocycles. The standard InChI is InChI=1S/C17H21N3OS/c1-10-17(13(19-18-10)12-8-6-5-7-9-12)14(21)20-11(2)16(3,4)22-15(17)20/h5-9,11,13,15,19H,1-4H3/t11-,13?,15+,17?/m0/s1. The van der Waals surface area contributed by atoms with Crippen LogP contribution in [0, 0.1) is 5.41 Å². The first kappa shape index (κ1) is 14.1. The number of fused-ring (bicyclic) bond motifs is 2. The van der Waals surface area contributed by atoms with Gasteiger partial charge in [0.05, 0.1) is 11.8 Å². The Morgan fingerprint density at radius 2 is 1.95 bits per heavy atom. The smallest absolute Gasteiger partial charge is 0.241 e. The molecule has 2 saturated heterocycles. The molecule has 4 atom stereocenters. The number of carbonyl (C=O) groups excluding carboxylic acids is 1. The third kappa shape index (κ3) is 1.45. The summed E-state index contributed by atoms with van der Waals surface area (Å²) in [5.41, 5.74) is 4.76. The van der Waals surface area contributed by atoms with E-state index in [1.54, 1.807) is 0 Å². The molecule has 1 aromatic carbocycles. The van der Waals surface area contributed by atoms with Gasteiger partial charge in [0, 0.05) is 10.8 Å². The van der Waals surface area contributed by atoms with Crippen LogP contribution in [0.5, 0.6) is 0 Å². The van der Waals surface area contributed by atoms with Gasteiger partial charge in [-0.05, 0) is 33.3 Å². The number of rotatable bonds is 1. The Morgan fingerprint density at radius 1 is 1.27 bits per heavy atom. The lowest BCUT2D eigenvalue weighted by atomic mass is 9.67. The van der Waals surface area contributed by atoms with E-state index in [1.807, 2.05) is 36.9 Å². The lowest BCUT2D eigenvalue weighted by Crippen LogP contribution is -2.71. The largest absolute Gasteiger partial charge is 0.324 e. The van der Waals surface area contributed by atoms with Crippen LogP contribution in [0.15, 0.2) is 35.4 Å². The molecule has 0 aliphatic carbocycles. The minimum atomic E-state index is -0.520. The lowest BCUT2D eigenvalue weighted by molar-refractivity contribution is -0.160. The molecule has 3 aliphatic rings. The Bertz CT molecular complexity index is 672. The van der Waals surface area contributed by atoms with E-state index in [2.05, 4.69) is 48.3 Å². The van der Waals surface area contributed by atoms with Gasteiger partial charge in [0.25, 0.3) is 0 Å². The van der Waals surface area contributed by atoms with E-state index in [9.17, 15) is 4.79 Å². The zero-order chi connectivity index (χ0) is 15.7. The van der Waals surface area contributed by atoms with E-state index >= 15 is 0 Å². The maximum atomic E-state index is 13.2. The van der Waals surface area contributed by atoms with Crippen LogP contribution in [-0.4, -0.2) is 32.7 Å². The fourth-order valence-corrected chi connectivity index (χ4v) is 5.85. The Kier molecular flexibility index (Phi) is 2.75. The van der Waals surface area contributed by atoms with Crippen molar-refractivity contribution in [2.24, 2.45) is 10.5 Å². The molecule has 0 saturated carbocycles. The van der Waals surface area contributed by atoms with Gasteiger partial charge >= 0.3 is 0 Å². The van der Waals surface area contributed by atoms with E-state index in [0.717, 1.165) is 11.3 Å². The van der Waals surface area contributed by atoms with Crippen LogP contribution in [0.3, 0.4) is 0 Å². The summed E-state index contributed by atoms with van der Waals surface area (Å²) >= 11 is 1.91. The van der Waals surface area contributed by atoms with E-state index < -0.39 is 5.41 Å². The first-order chi connectivity index (χ1) is 10.4. The molecule has 0 radical (unpaired) electrons. The zero-order valence-electron chi connectivity index (χ0n) is 13.3. The van der Waals surface area contributed by atoms with Crippen molar-refractivity contribution >= 4 is 23.4 Å². The number of thioether (sulfide) groups is 1. The highest BCUT2D eigenvalue weighted by Crippen LogP contribution is 2.63. The Morgan fingerprint density at radius 3 is 2.64 bits per heavy atom. The lowest BCUT2D eigenvalue weighted by Gasteiger charge is -2.54. The minimum Gasteiger partial charge on any atom is -0.324 e. The summed E-state index contributed by atoms with van der Waals surface area (Å²) < 4.78 is 0.0773.